The van der Waals surface area contributed by atoms with Crippen LogP contribution in [0.1, 0.15) is 36.5 Å². The van der Waals surface area contributed by atoms with E-state index in [2.05, 4.69) is 65.4 Å². The van der Waals surface area contributed by atoms with Gasteiger partial charge in [0.25, 0.3) is 0 Å². The highest BCUT2D eigenvalue weighted by atomic mass is 16.2. The normalized spacial score (nSPS) is 16.3. The van der Waals surface area contributed by atoms with Crippen LogP contribution in [0.5, 0.6) is 0 Å². The summed E-state index contributed by atoms with van der Waals surface area (Å²) in [6.07, 6.45) is 1.34. The second kappa shape index (κ2) is 10.5. The molecule has 0 saturated carbocycles. The maximum absolute atomic E-state index is 12.6. The summed E-state index contributed by atoms with van der Waals surface area (Å²) in [5.41, 5.74) is 5.15. The van der Waals surface area contributed by atoms with Gasteiger partial charge in [-0.05, 0) is 49.1 Å². The second-order valence-corrected chi connectivity index (χ2v) is 8.67. The van der Waals surface area contributed by atoms with Crippen molar-refractivity contribution in [2.45, 2.75) is 39.8 Å². The lowest BCUT2D eigenvalue weighted by Gasteiger charge is -2.37. The van der Waals surface area contributed by atoms with Gasteiger partial charge in [0.15, 0.2) is 5.96 Å². The van der Waals surface area contributed by atoms with Crippen LogP contribution in [0.3, 0.4) is 0 Å². The molecule has 1 amide bonds. The van der Waals surface area contributed by atoms with E-state index in [4.69, 9.17) is 4.99 Å². The van der Waals surface area contributed by atoms with Gasteiger partial charge in [-0.1, -0.05) is 36.4 Å². The molecule has 4 rings (SSSR count). The van der Waals surface area contributed by atoms with Gasteiger partial charge < -0.3 is 20.0 Å². The zero-order chi connectivity index (χ0) is 22.3. The molecule has 170 valence electrons. The largest absolute Gasteiger partial charge is 0.368 e. The standard InChI is InChI=1S/C26H35N5O/c1-3-27-26(30-16-14-29(15-17-30)24-11-6-8-21(2)18-24)28-13-7-12-25(32)31-19-22-9-4-5-10-23(22)20-31/h4-6,8-11,18H,3,7,12-17,19-20H2,1-2H3,(H,27,28). The molecule has 2 aromatic rings. The summed E-state index contributed by atoms with van der Waals surface area (Å²) in [5.74, 6) is 1.20. The van der Waals surface area contributed by atoms with E-state index in [1.165, 1.54) is 22.4 Å². The number of piperazine rings is 1. The van der Waals surface area contributed by atoms with Crippen LogP contribution in [0.25, 0.3) is 0 Å². The summed E-state index contributed by atoms with van der Waals surface area (Å²) in [4.78, 5) is 24.2. The van der Waals surface area contributed by atoms with Crippen LogP contribution in [0, 0.1) is 6.92 Å². The molecule has 2 aliphatic rings. The molecule has 1 N–H and O–H groups in total. The third-order valence-electron chi connectivity index (χ3n) is 6.28. The number of hydrogen-bond donors (Lipinski definition) is 1. The minimum absolute atomic E-state index is 0.230. The summed E-state index contributed by atoms with van der Waals surface area (Å²) in [7, 11) is 0. The van der Waals surface area contributed by atoms with E-state index in [1.807, 2.05) is 17.0 Å². The first-order chi connectivity index (χ1) is 15.6. The molecule has 1 saturated heterocycles. The van der Waals surface area contributed by atoms with Gasteiger partial charge in [0.2, 0.25) is 5.91 Å². The number of rotatable bonds is 6. The van der Waals surface area contributed by atoms with Crippen molar-refractivity contribution >= 4 is 17.6 Å². The molecule has 0 spiro atoms. The fraction of sp³-hybridized carbons (Fsp3) is 0.462. The zero-order valence-electron chi connectivity index (χ0n) is 19.4. The first-order valence-electron chi connectivity index (χ1n) is 11.8. The second-order valence-electron chi connectivity index (χ2n) is 8.67. The predicted octanol–water partition coefficient (Wildman–Crippen LogP) is 3.41. The van der Waals surface area contributed by atoms with Gasteiger partial charge in [-0.2, -0.15) is 0 Å². The number of anilines is 1. The SMILES string of the molecule is CCNC(=NCCCC(=O)N1Cc2ccccc2C1)N1CCN(c2cccc(C)c2)CC1. The lowest BCUT2D eigenvalue weighted by molar-refractivity contribution is -0.131. The van der Waals surface area contributed by atoms with Crippen LogP contribution in [-0.4, -0.2) is 60.9 Å². The molecule has 6 nitrogen and oxygen atoms in total. The van der Waals surface area contributed by atoms with Crippen molar-refractivity contribution in [2.75, 3.05) is 44.2 Å². The monoisotopic (exact) mass is 433 g/mol. The first-order valence-corrected chi connectivity index (χ1v) is 11.8. The van der Waals surface area contributed by atoms with Crippen LogP contribution in [0.2, 0.25) is 0 Å². The maximum atomic E-state index is 12.6. The van der Waals surface area contributed by atoms with Crippen LogP contribution in [-0.2, 0) is 17.9 Å². The Labute approximate surface area is 191 Å². The van der Waals surface area contributed by atoms with Crippen molar-refractivity contribution in [3.05, 3.63) is 65.2 Å². The van der Waals surface area contributed by atoms with Crippen LogP contribution < -0.4 is 10.2 Å². The molecule has 1 fully saturated rings. The molecule has 32 heavy (non-hydrogen) atoms. The Hall–Kier alpha value is -3.02. The molecule has 0 aromatic heterocycles. The molecule has 2 heterocycles. The number of aliphatic imine (C=N–C) groups is 1. The lowest BCUT2D eigenvalue weighted by Crippen LogP contribution is -2.52. The predicted molar refractivity (Wildman–Crippen MR) is 131 cm³/mol. The molecule has 6 heteroatoms. The number of nitrogens with one attached hydrogen (secondary N) is 1. The van der Waals surface area contributed by atoms with Gasteiger partial charge >= 0.3 is 0 Å². The molecule has 0 aliphatic carbocycles. The molecule has 2 aliphatic heterocycles. The van der Waals surface area contributed by atoms with E-state index in [-0.39, 0.29) is 5.91 Å². The van der Waals surface area contributed by atoms with E-state index < -0.39 is 0 Å². The van der Waals surface area contributed by atoms with Crippen molar-refractivity contribution < 1.29 is 4.79 Å². The molecular formula is C26H35N5O. The number of aryl methyl sites for hydroxylation is 1. The zero-order valence-corrected chi connectivity index (χ0v) is 19.4. The van der Waals surface area contributed by atoms with Crippen molar-refractivity contribution in [3.8, 4) is 0 Å². The molecule has 2 aromatic carbocycles. The highest BCUT2D eigenvalue weighted by molar-refractivity contribution is 5.80. The van der Waals surface area contributed by atoms with Gasteiger partial charge in [0.05, 0.1) is 0 Å². The number of nitrogens with zero attached hydrogens (tertiary/aromatic N) is 4. The van der Waals surface area contributed by atoms with Gasteiger partial charge in [-0.15, -0.1) is 0 Å². The highest BCUT2D eigenvalue weighted by Crippen LogP contribution is 2.23. The van der Waals surface area contributed by atoms with Crippen molar-refractivity contribution in [3.63, 3.8) is 0 Å². The Bertz CT molecular complexity index is 924. The summed E-state index contributed by atoms with van der Waals surface area (Å²) >= 11 is 0. The average Bonchev–Trinajstić information content (AvgIpc) is 3.26. The Morgan fingerprint density at radius 2 is 1.69 bits per heavy atom. The first kappa shape index (κ1) is 22.2. The molecule has 0 radical (unpaired) electrons. The minimum Gasteiger partial charge on any atom is -0.368 e. The molecule has 0 bridgehead atoms. The number of guanidine groups is 1. The number of amides is 1. The van der Waals surface area contributed by atoms with Gasteiger partial charge in [-0.3, -0.25) is 9.79 Å². The molecule has 0 unspecified atom stereocenters. The Balaban J connectivity index is 1.24. The number of fused-ring (bicyclic) bond motifs is 1. The average molecular weight is 434 g/mol. The Kier molecular flexibility index (Phi) is 7.30. The third kappa shape index (κ3) is 5.42. The summed E-state index contributed by atoms with van der Waals surface area (Å²) in [6, 6.07) is 17.0. The van der Waals surface area contributed by atoms with Gasteiger partial charge in [0, 0.05) is 64.5 Å². The van der Waals surface area contributed by atoms with Gasteiger partial charge in [0.1, 0.15) is 0 Å². The van der Waals surface area contributed by atoms with Crippen LogP contribution >= 0.6 is 0 Å². The van der Waals surface area contributed by atoms with Crippen molar-refractivity contribution in [2.24, 2.45) is 4.99 Å². The van der Waals surface area contributed by atoms with Gasteiger partial charge in [-0.25, -0.2) is 0 Å². The van der Waals surface area contributed by atoms with Crippen LogP contribution in [0.4, 0.5) is 5.69 Å². The number of benzene rings is 2. The van der Waals surface area contributed by atoms with Crippen LogP contribution in [0.15, 0.2) is 53.5 Å². The summed E-state index contributed by atoms with van der Waals surface area (Å²) in [5, 5.41) is 3.43. The summed E-state index contributed by atoms with van der Waals surface area (Å²) in [6.45, 7) is 11.1. The summed E-state index contributed by atoms with van der Waals surface area (Å²) < 4.78 is 0. The smallest absolute Gasteiger partial charge is 0.223 e. The Morgan fingerprint density at radius 3 is 2.34 bits per heavy atom. The lowest BCUT2D eigenvalue weighted by atomic mass is 10.1. The van der Waals surface area contributed by atoms with Crippen molar-refractivity contribution in [1.29, 1.82) is 0 Å². The minimum atomic E-state index is 0.230. The van der Waals surface area contributed by atoms with E-state index >= 15 is 0 Å². The topological polar surface area (TPSA) is 51.2 Å². The maximum Gasteiger partial charge on any atom is 0.223 e. The fourth-order valence-electron chi connectivity index (χ4n) is 4.51. The van der Waals surface area contributed by atoms with E-state index in [0.717, 1.165) is 58.2 Å². The highest BCUT2D eigenvalue weighted by Gasteiger charge is 2.23. The molecule has 0 atom stereocenters. The molecular weight excluding hydrogens is 398 g/mol. The van der Waals surface area contributed by atoms with E-state index in [0.29, 0.717) is 13.0 Å². The fourth-order valence-corrected chi connectivity index (χ4v) is 4.51. The van der Waals surface area contributed by atoms with Crippen molar-refractivity contribution in [1.82, 2.24) is 15.1 Å². The number of carbonyl (C=O) groups excluding carboxylic acids is 1. The Morgan fingerprint density at radius 1 is 0.969 bits per heavy atom. The number of carbonyl (C=O) groups is 1. The van der Waals surface area contributed by atoms with E-state index in [9.17, 15) is 4.79 Å². The third-order valence-corrected chi connectivity index (χ3v) is 6.28. The van der Waals surface area contributed by atoms with E-state index in [1.54, 1.807) is 0 Å². The number of hydrogen-bond acceptors (Lipinski definition) is 3. The quantitative estimate of drug-likeness (QED) is 0.431.